The fraction of sp³-hybridized carbons (Fsp3) is 0.857. The molecule has 1 aliphatic heterocycles. The molecule has 0 spiro atoms. The minimum atomic E-state index is -1.10. The quantitative estimate of drug-likeness (QED) is 0.778. The summed E-state index contributed by atoms with van der Waals surface area (Å²) in [6.45, 7) is 7.40. The van der Waals surface area contributed by atoms with Crippen molar-refractivity contribution in [2.24, 2.45) is 5.41 Å². The third-order valence-corrected chi connectivity index (χ3v) is 4.84. The Morgan fingerprint density at radius 2 is 1.79 bits per heavy atom. The van der Waals surface area contributed by atoms with E-state index in [-0.39, 0.29) is 5.91 Å². The van der Waals surface area contributed by atoms with Crippen LogP contribution in [0.1, 0.15) is 39.5 Å². The Hall–Kier alpha value is -1.10. The van der Waals surface area contributed by atoms with Gasteiger partial charge in [-0.05, 0) is 26.2 Å². The van der Waals surface area contributed by atoms with Crippen LogP contribution >= 0.6 is 0 Å². The zero-order valence-electron chi connectivity index (χ0n) is 11.9. The molecular formula is C14H24N2O3. The topological polar surface area (TPSA) is 60.9 Å². The average molecular weight is 268 g/mol. The van der Waals surface area contributed by atoms with Gasteiger partial charge in [0.2, 0.25) is 5.91 Å². The number of nitrogens with zero attached hydrogens (tertiary/aromatic N) is 2. The first-order chi connectivity index (χ1) is 9.01. The van der Waals surface area contributed by atoms with Crippen LogP contribution in [-0.4, -0.2) is 59.0 Å². The predicted molar refractivity (Wildman–Crippen MR) is 71.8 cm³/mol. The van der Waals surface area contributed by atoms with E-state index in [1.54, 1.807) is 4.90 Å². The van der Waals surface area contributed by atoms with Gasteiger partial charge in [-0.2, -0.15) is 0 Å². The van der Waals surface area contributed by atoms with Gasteiger partial charge >= 0.3 is 5.97 Å². The lowest BCUT2D eigenvalue weighted by Gasteiger charge is -2.44. The molecule has 0 aromatic carbocycles. The maximum atomic E-state index is 12.4. The average Bonchev–Trinajstić information content (AvgIpc) is 2.36. The molecule has 2 aliphatic rings. The van der Waals surface area contributed by atoms with Crippen molar-refractivity contribution >= 4 is 11.9 Å². The van der Waals surface area contributed by atoms with Crippen LogP contribution in [0.15, 0.2) is 0 Å². The lowest BCUT2D eigenvalue weighted by molar-refractivity contribution is -0.168. The van der Waals surface area contributed by atoms with Gasteiger partial charge in [0, 0.05) is 32.2 Å². The summed E-state index contributed by atoms with van der Waals surface area (Å²) < 4.78 is 0. The van der Waals surface area contributed by atoms with Gasteiger partial charge in [0.25, 0.3) is 0 Å². The van der Waals surface area contributed by atoms with Crippen molar-refractivity contribution in [1.82, 2.24) is 9.80 Å². The standard InChI is InChI=1S/C14H24N2O3/c1-3-11(2)15-7-9-16(10-8-15)12(17)14(13(18)19)5-4-6-14/h11H,3-10H2,1-2H3,(H,18,19). The number of rotatable bonds is 4. The van der Waals surface area contributed by atoms with Crippen molar-refractivity contribution in [2.45, 2.75) is 45.6 Å². The first kappa shape index (κ1) is 14.3. The van der Waals surface area contributed by atoms with E-state index in [9.17, 15) is 14.7 Å². The maximum absolute atomic E-state index is 12.4. The van der Waals surface area contributed by atoms with E-state index in [0.29, 0.717) is 32.0 Å². The SMILES string of the molecule is CCC(C)N1CCN(C(=O)C2(C(=O)O)CCC2)CC1. The van der Waals surface area contributed by atoms with Crippen LogP contribution in [0.4, 0.5) is 0 Å². The second-order valence-corrected chi connectivity index (χ2v) is 5.83. The summed E-state index contributed by atoms with van der Waals surface area (Å²) in [5.74, 6) is -1.09. The Balaban J connectivity index is 1.94. The molecule has 1 heterocycles. The van der Waals surface area contributed by atoms with Crippen molar-refractivity contribution < 1.29 is 14.7 Å². The van der Waals surface area contributed by atoms with Crippen LogP contribution < -0.4 is 0 Å². The molecule has 1 unspecified atom stereocenters. The minimum absolute atomic E-state index is 0.157. The first-order valence-corrected chi connectivity index (χ1v) is 7.28. The highest BCUT2D eigenvalue weighted by Crippen LogP contribution is 2.43. The molecule has 1 atom stereocenters. The number of carbonyl (C=O) groups is 2. The number of hydrogen-bond acceptors (Lipinski definition) is 3. The number of amides is 1. The molecule has 0 radical (unpaired) electrons. The van der Waals surface area contributed by atoms with Crippen LogP contribution in [0.5, 0.6) is 0 Å². The molecule has 5 heteroatoms. The molecule has 0 aromatic heterocycles. The second-order valence-electron chi connectivity index (χ2n) is 5.83. The van der Waals surface area contributed by atoms with Crippen molar-refractivity contribution in [2.75, 3.05) is 26.2 Å². The van der Waals surface area contributed by atoms with Crippen LogP contribution in [0, 0.1) is 5.41 Å². The van der Waals surface area contributed by atoms with E-state index < -0.39 is 11.4 Å². The molecule has 2 fully saturated rings. The Morgan fingerprint density at radius 3 is 2.16 bits per heavy atom. The normalized spacial score (nSPS) is 24.6. The highest BCUT2D eigenvalue weighted by molar-refractivity contribution is 6.02. The van der Waals surface area contributed by atoms with Crippen LogP contribution in [0.2, 0.25) is 0 Å². The fourth-order valence-corrected chi connectivity index (χ4v) is 2.98. The van der Waals surface area contributed by atoms with Crippen molar-refractivity contribution in [3.8, 4) is 0 Å². The molecule has 19 heavy (non-hydrogen) atoms. The molecule has 0 aromatic rings. The van der Waals surface area contributed by atoms with E-state index in [2.05, 4.69) is 18.7 Å². The zero-order chi connectivity index (χ0) is 14.0. The van der Waals surface area contributed by atoms with Crippen LogP contribution in [0.25, 0.3) is 0 Å². The Morgan fingerprint density at radius 1 is 1.21 bits per heavy atom. The van der Waals surface area contributed by atoms with E-state index in [0.717, 1.165) is 25.9 Å². The molecule has 0 bridgehead atoms. The molecule has 1 aliphatic carbocycles. The highest BCUT2D eigenvalue weighted by atomic mass is 16.4. The van der Waals surface area contributed by atoms with Crippen LogP contribution in [-0.2, 0) is 9.59 Å². The molecule has 1 saturated carbocycles. The van der Waals surface area contributed by atoms with E-state index in [1.807, 2.05) is 0 Å². The summed E-state index contributed by atoms with van der Waals surface area (Å²) >= 11 is 0. The number of carbonyl (C=O) groups excluding carboxylic acids is 1. The van der Waals surface area contributed by atoms with Gasteiger partial charge in [-0.3, -0.25) is 14.5 Å². The minimum Gasteiger partial charge on any atom is -0.480 e. The fourth-order valence-electron chi connectivity index (χ4n) is 2.98. The number of aliphatic carboxylic acids is 1. The summed E-state index contributed by atoms with van der Waals surface area (Å²) in [5.41, 5.74) is -1.10. The van der Waals surface area contributed by atoms with Gasteiger partial charge in [0.15, 0.2) is 0 Å². The monoisotopic (exact) mass is 268 g/mol. The van der Waals surface area contributed by atoms with Gasteiger partial charge in [0.1, 0.15) is 5.41 Å². The molecule has 1 N–H and O–H groups in total. The first-order valence-electron chi connectivity index (χ1n) is 7.28. The highest BCUT2D eigenvalue weighted by Gasteiger charge is 2.53. The van der Waals surface area contributed by atoms with E-state index in [4.69, 9.17) is 0 Å². The Labute approximate surface area is 114 Å². The van der Waals surface area contributed by atoms with Crippen molar-refractivity contribution in [3.63, 3.8) is 0 Å². The van der Waals surface area contributed by atoms with Gasteiger partial charge in [-0.25, -0.2) is 0 Å². The number of carboxylic acids is 1. The molecule has 1 saturated heterocycles. The third-order valence-electron chi connectivity index (χ3n) is 4.84. The molecule has 108 valence electrons. The maximum Gasteiger partial charge on any atom is 0.319 e. The van der Waals surface area contributed by atoms with Gasteiger partial charge < -0.3 is 10.0 Å². The molecule has 1 amide bonds. The Bertz CT molecular complexity index is 358. The van der Waals surface area contributed by atoms with Gasteiger partial charge in [-0.1, -0.05) is 13.3 Å². The molecular weight excluding hydrogens is 244 g/mol. The number of hydrogen-bond donors (Lipinski definition) is 1. The summed E-state index contributed by atoms with van der Waals surface area (Å²) in [7, 11) is 0. The smallest absolute Gasteiger partial charge is 0.319 e. The summed E-state index contributed by atoms with van der Waals surface area (Å²) in [6.07, 6.45) is 2.97. The molecule has 2 rings (SSSR count). The predicted octanol–water partition coefficient (Wildman–Crippen LogP) is 1.18. The molecule has 5 nitrogen and oxygen atoms in total. The second kappa shape index (κ2) is 5.49. The third kappa shape index (κ3) is 2.48. The lowest BCUT2D eigenvalue weighted by Crippen LogP contribution is -2.58. The van der Waals surface area contributed by atoms with Gasteiger partial charge in [0.05, 0.1) is 0 Å². The number of piperazine rings is 1. The lowest BCUT2D eigenvalue weighted by atomic mass is 9.67. The summed E-state index contributed by atoms with van der Waals surface area (Å²) in [5, 5.41) is 9.31. The summed E-state index contributed by atoms with van der Waals surface area (Å²) in [4.78, 5) is 27.9. The van der Waals surface area contributed by atoms with Crippen molar-refractivity contribution in [1.29, 1.82) is 0 Å². The zero-order valence-corrected chi connectivity index (χ0v) is 11.9. The van der Waals surface area contributed by atoms with Crippen LogP contribution in [0.3, 0.4) is 0 Å². The van der Waals surface area contributed by atoms with Crippen molar-refractivity contribution in [3.05, 3.63) is 0 Å². The van der Waals surface area contributed by atoms with E-state index >= 15 is 0 Å². The van der Waals surface area contributed by atoms with Gasteiger partial charge in [-0.15, -0.1) is 0 Å². The summed E-state index contributed by atoms with van der Waals surface area (Å²) in [6, 6.07) is 0.536. The largest absolute Gasteiger partial charge is 0.480 e. The number of carboxylic acid groups (broad SMARTS) is 1. The van der Waals surface area contributed by atoms with E-state index in [1.165, 1.54) is 0 Å². The Kier molecular flexibility index (Phi) is 4.13.